The van der Waals surface area contributed by atoms with Gasteiger partial charge in [0.25, 0.3) is 0 Å². The molecule has 0 aliphatic rings. The summed E-state index contributed by atoms with van der Waals surface area (Å²) in [5.74, 6) is 0.712. The number of nitrogens with zero attached hydrogens (tertiary/aromatic N) is 1. The maximum Gasteiger partial charge on any atom is 0.229 e. The van der Waals surface area contributed by atoms with Gasteiger partial charge in [-0.3, -0.25) is 9.71 Å². The lowest BCUT2D eigenvalue weighted by molar-refractivity contribution is 0.146. The van der Waals surface area contributed by atoms with Crippen LogP contribution in [0.4, 0.5) is 5.69 Å². The molecule has 0 saturated heterocycles. The van der Waals surface area contributed by atoms with Crippen LogP contribution in [0.5, 0.6) is 5.75 Å². The number of aromatic nitrogens is 1. The van der Waals surface area contributed by atoms with Crippen LogP contribution in [-0.2, 0) is 14.8 Å². The summed E-state index contributed by atoms with van der Waals surface area (Å²) in [6.07, 6.45) is 4.52. The summed E-state index contributed by atoms with van der Waals surface area (Å²) < 4.78 is 35.8. The molecule has 124 valence electrons. The summed E-state index contributed by atoms with van der Waals surface area (Å²) in [5.41, 5.74) is 3.24. The largest absolute Gasteiger partial charge is 0.490 e. The van der Waals surface area contributed by atoms with Gasteiger partial charge < -0.3 is 9.47 Å². The first-order chi connectivity index (χ1) is 10.9. The fourth-order valence-electron chi connectivity index (χ4n) is 2.19. The van der Waals surface area contributed by atoms with E-state index in [1.165, 1.54) is 0 Å². The first-order valence-corrected chi connectivity index (χ1v) is 8.94. The number of hydrogen-bond donors (Lipinski definition) is 1. The predicted molar refractivity (Wildman–Crippen MR) is 90.2 cm³/mol. The van der Waals surface area contributed by atoms with Crippen LogP contribution in [0.15, 0.2) is 36.7 Å². The van der Waals surface area contributed by atoms with Gasteiger partial charge in [-0.15, -0.1) is 0 Å². The molecule has 0 saturated carbocycles. The normalized spacial score (nSPS) is 11.3. The lowest BCUT2D eigenvalue weighted by Gasteiger charge is -2.14. The highest BCUT2D eigenvalue weighted by atomic mass is 32.2. The molecular weight excluding hydrogens is 316 g/mol. The minimum absolute atomic E-state index is 0.445. The second-order valence-corrected chi connectivity index (χ2v) is 6.87. The molecule has 1 N–H and O–H groups in total. The smallest absolute Gasteiger partial charge is 0.229 e. The van der Waals surface area contributed by atoms with Crippen molar-refractivity contribution in [2.24, 2.45) is 0 Å². The maximum absolute atomic E-state index is 11.3. The summed E-state index contributed by atoms with van der Waals surface area (Å²) >= 11 is 0. The first-order valence-electron chi connectivity index (χ1n) is 7.05. The van der Waals surface area contributed by atoms with E-state index < -0.39 is 10.0 Å². The van der Waals surface area contributed by atoms with Crippen molar-refractivity contribution in [3.05, 3.63) is 42.2 Å². The van der Waals surface area contributed by atoms with Crippen molar-refractivity contribution < 1.29 is 17.9 Å². The Morgan fingerprint density at radius 3 is 2.61 bits per heavy atom. The van der Waals surface area contributed by atoms with E-state index in [2.05, 4.69) is 9.71 Å². The predicted octanol–water partition coefficient (Wildman–Crippen LogP) is 2.45. The fourth-order valence-corrected chi connectivity index (χ4v) is 2.74. The molecule has 1 aromatic carbocycles. The Morgan fingerprint density at radius 1 is 1.17 bits per heavy atom. The van der Waals surface area contributed by atoms with E-state index in [0.717, 1.165) is 22.9 Å². The summed E-state index contributed by atoms with van der Waals surface area (Å²) in [7, 11) is -1.68. The molecule has 0 bridgehead atoms. The van der Waals surface area contributed by atoms with Crippen molar-refractivity contribution >= 4 is 15.7 Å². The number of nitrogens with one attached hydrogen (secondary N) is 1. The van der Waals surface area contributed by atoms with Crippen LogP contribution >= 0.6 is 0 Å². The van der Waals surface area contributed by atoms with Gasteiger partial charge in [0.2, 0.25) is 10.0 Å². The molecule has 0 atom stereocenters. The highest BCUT2D eigenvalue weighted by Gasteiger charge is 2.11. The van der Waals surface area contributed by atoms with Crippen LogP contribution in [0.2, 0.25) is 0 Å². The number of ether oxygens (including phenoxy) is 2. The van der Waals surface area contributed by atoms with Gasteiger partial charge in [0.1, 0.15) is 12.4 Å². The zero-order chi connectivity index (χ0) is 16.9. The van der Waals surface area contributed by atoms with Crippen LogP contribution in [0.1, 0.15) is 5.56 Å². The van der Waals surface area contributed by atoms with Crippen molar-refractivity contribution in [2.45, 2.75) is 6.92 Å². The Bertz CT molecular complexity index is 775. The third-order valence-corrected chi connectivity index (χ3v) is 3.75. The van der Waals surface area contributed by atoms with E-state index in [-0.39, 0.29) is 0 Å². The molecule has 23 heavy (non-hydrogen) atoms. The van der Waals surface area contributed by atoms with Crippen LogP contribution in [-0.4, -0.2) is 40.0 Å². The van der Waals surface area contributed by atoms with E-state index >= 15 is 0 Å². The van der Waals surface area contributed by atoms with Gasteiger partial charge in [-0.05, 0) is 36.2 Å². The average Bonchev–Trinajstić information content (AvgIpc) is 2.47. The van der Waals surface area contributed by atoms with Gasteiger partial charge in [-0.1, -0.05) is 6.07 Å². The number of aryl methyl sites for hydroxylation is 1. The molecule has 0 aliphatic heterocycles. The van der Waals surface area contributed by atoms with Gasteiger partial charge in [0.05, 0.1) is 12.9 Å². The van der Waals surface area contributed by atoms with Crippen molar-refractivity contribution in [2.75, 3.05) is 31.3 Å². The minimum Gasteiger partial charge on any atom is -0.490 e. The van der Waals surface area contributed by atoms with Crippen LogP contribution in [0.3, 0.4) is 0 Å². The minimum atomic E-state index is -3.30. The lowest BCUT2D eigenvalue weighted by atomic mass is 10.0. The second kappa shape index (κ2) is 7.43. The van der Waals surface area contributed by atoms with Crippen LogP contribution in [0.25, 0.3) is 11.1 Å². The molecule has 0 fully saturated rings. The van der Waals surface area contributed by atoms with Crippen molar-refractivity contribution in [3.63, 3.8) is 0 Å². The topological polar surface area (TPSA) is 77.5 Å². The molecule has 2 rings (SSSR count). The summed E-state index contributed by atoms with van der Waals surface area (Å²) in [6, 6.07) is 7.15. The third-order valence-electron chi connectivity index (χ3n) is 3.15. The third kappa shape index (κ3) is 4.94. The van der Waals surface area contributed by atoms with Gasteiger partial charge in [0.15, 0.2) is 0 Å². The number of rotatable bonds is 7. The highest BCUT2D eigenvalue weighted by Crippen LogP contribution is 2.32. The molecule has 0 amide bonds. The zero-order valence-electron chi connectivity index (χ0n) is 13.4. The Balaban J connectivity index is 2.32. The van der Waals surface area contributed by atoms with Crippen LogP contribution in [0, 0.1) is 6.92 Å². The number of hydrogen-bond acceptors (Lipinski definition) is 5. The van der Waals surface area contributed by atoms with E-state index in [4.69, 9.17) is 9.47 Å². The summed E-state index contributed by atoms with van der Waals surface area (Å²) in [4.78, 5) is 4.15. The average molecular weight is 336 g/mol. The fraction of sp³-hybridized carbons (Fsp3) is 0.312. The number of benzene rings is 1. The van der Waals surface area contributed by atoms with Crippen molar-refractivity contribution in [1.29, 1.82) is 0 Å². The van der Waals surface area contributed by atoms with Gasteiger partial charge in [0, 0.05) is 30.8 Å². The van der Waals surface area contributed by atoms with E-state index in [1.807, 2.05) is 13.0 Å². The standard InChI is InChI=1S/C16H20N2O4S/c1-12-10-13(18-23(3,19)20)4-5-14(12)15-11-17-7-6-16(15)22-9-8-21-2/h4-7,10-11,18H,8-9H2,1-3H3. The molecule has 0 spiro atoms. The Labute approximate surface area is 136 Å². The van der Waals surface area contributed by atoms with Gasteiger partial charge in [-0.25, -0.2) is 8.42 Å². The Kier molecular flexibility index (Phi) is 5.57. The monoisotopic (exact) mass is 336 g/mol. The molecular formula is C16H20N2O4S. The SMILES string of the molecule is COCCOc1ccncc1-c1ccc(NS(C)(=O)=O)cc1C. The highest BCUT2D eigenvalue weighted by molar-refractivity contribution is 7.92. The summed E-state index contributed by atoms with van der Waals surface area (Å²) in [6.45, 7) is 2.85. The zero-order valence-corrected chi connectivity index (χ0v) is 14.2. The van der Waals surface area contributed by atoms with Crippen molar-refractivity contribution in [3.8, 4) is 16.9 Å². The number of sulfonamides is 1. The molecule has 0 radical (unpaired) electrons. The molecule has 0 unspecified atom stereocenters. The van der Waals surface area contributed by atoms with Gasteiger partial charge >= 0.3 is 0 Å². The second-order valence-electron chi connectivity index (χ2n) is 5.12. The Hall–Kier alpha value is -2.12. The lowest BCUT2D eigenvalue weighted by Crippen LogP contribution is -2.09. The molecule has 2 aromatic rings. The van der Waals surface area contributed by atoms with E-state index in [1.54, 1.807) is 37.7 Å². The first kappa shape index (κ1) is 17.2. The molecule has 1 aromatic heterocycles. The summed E-state index contributed by atoms with van der Waals surface area (Å²) in [5, 5.41) is 0. The maximum atomic E-state index is 11.3. The number of pyridine rings is 1. The molecule has 1 heterocycles. The molecule has 7 heteroatoms. The van der Waals surface area contributed by atoms with Crippen LogP contribution < -0.4 is 9.46 Å². The number of anilines is 1. The van der Waals surface area contributed by atoms with E-state index in [9.17, 15) is 8.42 Å². The van der Waals surface area contributed by atoms with Crippen molar-refractivity contribution in [1.82, 2.24) is 4.98 Å². The Morgan fingerprint density at radius 2 is 1.96 bits per heavy atom. The van der Waals surface area contributed by atoms with E-state index in [0.29, 0.717) is 24.7 Å². The molecule has 6 nitrogen and oxygen atoms in total. The quantitative estimate of drug-likeness (QED) is 0.786. The number of methoxy groups -OCH3 is 1. The van der Waals surface area contributed by atoms with Gasteiger partial charge in [-0.2, -0.15) is 0 Å². The molecule has 0 aliphatic carbocycles.